The van der Waals surface area contributed by atoms with Gasteiger partial charge in [0.25, 0.3) is 0 Å². The van der Waals surface area contributed by atoms with E-state index in [9.17, 15) is 13.6 Å². The minimum Gasteiger partial charge on any atom is -0.417 e. The molecule has 118 valence electrons. The second kappa shape index (κ2) is 6.70. The molecule has 2 rings (SSSR count). The second-order valence-corrected chi connectivity index (χ2v) is 4.61. The highest BCUT2D eigenvalue weighted by atomic mass is 19.3. The van der Waals surface area contributed by atoms with Crippen molar-refractivity contribution in [3.63, 3.8) is 0 Å². The molecule has 1 saturated heterocycles. The van der Waals surface area contributed by atoms with Crippen LogP contribution in [0, 0.1) is 0 Å². The molecule has 1 atom stereocenters. The Morgan fingerprint density at radius 2 is 2.38 bits per heavy atom. The van der Waals surface area contributed by atoms with Gasteiger partial charge in [-0.3, -0.25) is 5.32 Å². The van der Waals surface area contributed by atoms with E-state index in [1.807, 2.05) is 6.92 Å². The van der Waals surface area contributed by atoms with Gasteiger partial charge in [-0.2, -0.15) is 13.9 Å². The molecule has 0 saturated carbocycles. The van der Waals surface area contributed by atoms with Crippen LogP contribution in [0.15, 0.2) is 6.07 Å². The number of amides is 2. The maximum atomic E-state index is 12.2. The largest absolute Gasteiger partial charge is 0.417 e. The fraction of sp³-hybridized carbons (Fsp3) is 0.667. The molecular weight excluding hydrogens is 286 g/mol. The molecule has 0 unspecified atom stereocenters. The van der Waals surface area contributed by atoms with Crippen molar-refractivity contribution in [1.29, 1.82) is 0 Å². The van der Waals surface area contributed by atoms with Gasteiger partial charge in [-0.25, -0.2) is 9.48 Å². The highest BCUT2D eigenvalue weighted by Crippen LogP contribution is 2.19. The molecule has 0 aromatic carbocycles. The first-order valence-corrected chi connectivity index (χ1v) is 6.66. The average molecular weight is 304 g/mol. The first-order chi connectivity index (χ1) is 9.99. The smallest absolute Gasteiger partial charge is 0.388 e. The van der Waals surface area contributed by atoms with Crippen molar-refractivity contribution in [3.8, 4) is 5.88 Å². The average Bonchev–Trinajstić information content (AvgIpc) is 2.98. The first kappa shape index (κ1) is 15.5. The predicted octanol–water partition coefficient (Wildman–Crippen LogP) is 1.66. The van der Waals surface area contributed by atoms with Gasteiger partial charge in [-0.05, 0) is 13.3 Å². The Kier molecular flexibility index (Phi) is 4.94. The minimum absolute atomic E-state index is 0.0437. The number of alkyl halides is 2. The number of urea groups is 1. The summed E-state index contributed by atoms with van der Waals surface area (Å²) in [6.45, 7) is 0.668. The van der Waals surface area contributed by atoms with Crippen molar-refractivity contribution in [2.45, 2.75) is 26.1 Å². The van der Waals surface area contributed by atoms with Crippen LogP contribution in [0.2, 0.25) is 0 Å². The second-order valence-electron chi connectivity index (χ2n) is 4.61. The van der Waals surface area contributed by atoms with Gasteiger partial charge >= 0.3 is 12.6 Å². The van der Waals surface area contributed by atoms with Crippen LogP contribution in [0.25, 0.3) is 0 Å². The molecule has 0 radical (unpaired) electrons. The summed E-state index contributed by atoms with van der Waals surface area (Å²) in [5.41, 5.74) is 0. The Bertz CT molecular complexity index is 495. The number of halogens is 2. The third-order valence-electron chi connectivity index (χ3n) is 3.12. The molecule has 9 heteroatoms. The van der Waals surface area contributed by atoms with E-state index < -0.39 is 6.61 Å². The molecule has 1 fully saturated rings. The molecule has 2 amide bonds. The van der Waals surface area contributed by atoms with Crippen LogP contribution in [-0.2, 0) is 11.8 Å². The van der Waals surface area contributed by atoms with Crippen molar-refractivity contribution >= 4 is 11.8 Å². The van der Waals surface area contributed by atoms with E-state index in [0.29, 0.717) is 19.7 Å². The zero-order valence-electron chi connectivity index (χ0n) is 11.9. The highest BCUT2D eigenvalue weighted by molar-refractivity contribution is 5.88. The number of likely N-dealkylation sites (tertiary alicyclic amines) is 1. The lowest BCUT2D eigenvalue weighted by atomic mass is 10.3. The summed E-state index contributed by atoms with van der Waals surface area (Å²) in [5, 5.41) is 6.45. The maximum Gasteiger partial charge on any atom is 0.388 e. The summed E-state index contributed by atoms with van der Waals surface area (Å²) < 4.78 is 35.2. The summed E-state index contributed by atoms with van der Waals surface area (Å²) in [7, 11) is 1.45. The maximum absolute atomic E-state index is 12.2. The van der Waals surface area contributed by atoms with E-state index in [1.54, 1.807) is 4.90 Å². The number of aryl methyl sites for hydroxylation is 1. The number of anilines is 1. The Morgan fingerprint density at radius 3 is 3.05 bits per heavy atom. The van der Waals surface area contributed by atoms with Gasteiger partial charge < -0.3 is 14.4 Å². The molecule has 1 aliphatic rings. The third-order valence-corrected chi connectivity index (χ3v) is 3.12. The van der Waals surface area contributed by atoms with Gasteiger partial charge in [0.2, 0.25) is 5.88 Å². The number of hydrogen-bond acceptors (Lipinski definition) is 4. The van der Waals surface area contributed by atoms with E-state index in [1.165, 1.54) is 13.1 Å². The van der Waals surface area contributed by atoms with Crippen LogP contribution in [0.5, 0.6) is 5.88 Å². The molecule has 1 N–H and O–H groups in total. The zero-order valence-corrected chi connectivity index (χ0v) is 11.9. The normalized spacial score (nSPS) is 18.3. The van der Waals surface area contributed by atoms with Gasteiger partial charge in [0, 0.05) is 32.8 Å². The van der Waals surface area contributed by atoms with Gasteiger partial charge in [0.15, 0.2) is 5.82 Å². The topological polar surface area (TPSA) is 68.6 Å². The highest BCUT2D eigenvalue weighted by Gasteiger charge is 2.27. The molecule has 0 aliphatic carbocycles. The van der Waals surface area contributed by atoms with Crippen molar-refractivity contribution in [2.75, 3.05) is 25.0 Å². The van der Waals surface area contributed by atoms with Crippen LogP contribution in [0.4, 0.5) is 19.4 Å². The number of hydrogen-bond donors (Lipinski definition) is 1. The van der Waals surface area contributed by atoms with E-state index >= 15 is 0 Å². The molecule has 1 aromatic heterocycles. The molecule has 0 bridgehead atoms. The van der Waals surface area contributed by atoms with Gasteiger partial charge in [-0.15, -0.1) is 0 Å². The minimum atomic E-state index is -2.94. The van der Waals surface area contributed by atoms with Crippen LogP contribution < -0.4 is 10.1 Å². The lowest BCUT2D eigenvalue weighted by Crippen LogP contribution is -2.34. The summed E-state index contributed by atoms with van der Waals surface area (Å²) in [6.07, 6.45) is 0.825. The standard InChI is InChI=1S/C12H18F2N4O3/c1-3-20-8-4-5-18(7-8)12(19)15-9-6-10(17(2)16-9)21-11(13)14/h6,8,11H,3-5,7H2,1-2H3,(H,15,16,19)/t8-/m0/s1. The van der Waals surface area contributed by atoms with Crippen molar-refractivity contribution < 1.29 is 23.0 Å². The van der Waals surface area contributed by atoms with Crippen LogP contribution in [0.1, 0.15) is 13.3 Å². The SMILES string of the molecule is CCO[C@H]1CCN(C(=O)Nc2cc(OC(F)F)n(C)n2)C1. The Labute approximate surface area is 120 Å². The van der Waals surface area contributed by atoms with Crippen molar-refractivity contribution in [3.05, 3.63) is 6.07 Å². The fourth-order valence-electron chi connectivity index (χ4n) is 2.19. The molecule has 0 spiro atoms. The molecule has 21 heavy (non-hydrogen) atoms. The number of ether oxygens (including phenoxy) is 2. The summed E-state index contributed by atoms with van der Waals surface area (Å²) >= 11 is 0. The molecule has 2 heterocycles. The predicted molar refractivity (Wildman–Crippen MR) is 70.5 cm³/mol. The summed E-state index contributed by atoms with van der Waals surface area (Å²) in [5.74, 6) is 0.0481. The number of carbonyl (C=O) groups is 1. The number of nitrogens with one attached hydrogen (secondary N) is 1. The third kappa shape index (κ3) is 4.03. The first-order valence-electron chi connectivity index (χ1n) is 6.66. The van der Waals surface area contributed by atoms with Crippen molar-refractivity contribution in [2.24, 2.45) is 7.05 Å². The molecule has 1 aliphatic heterocycles. The monoisotopic (exact) mass is 304 g/mol. The van der Waals surface area contributed by atoms with Crippen molar-refractivity contribution in [1.82, 2.24) is 14.7 Å². The zero-order chi connectivity index (χ0) is 15.4. The number of carbonyl (C=O) groups excluding carboxylic acids is 1. The summed E-state index contributed by atoms with van der Waals surface area (Å²) in [4.78, 5) is 13.6. The lowest BCUT2D eigenvalue weighted by Gasteiger charge is -2.16. The number of aromatic nitrogens is 2. The van der Waals surface area contributed by atoms with Gasteiger partial charge in [-0.1, -0.05) is 0 Å². The Hall–Kier alpha value is -1.90. The number of nitrogens with zero attached hydrogens (tertiary/aromatic N) is 3. The van der Waals surface area contributed by atoms with E-state index in [4.69, 9.17) is 4.74 Å². The lowest BCUT2D eigenvalue weighted by molar-refractivity contribution is -0.0553. The van der Waals surface area contributed by atoms with Crippen LogP contribution >= 0.6 is 0 Å². The van der Waals surface area contributed by atoms with E-state index in [2.05, 4.69) is 15.2 Å². The van der Waals surface area contributed by atoms with Gasteiger partial charge in [0.1, 0.15) is 0 Å². The Morgan fingerprint density at radius 1 is 1.62 bits per heavy atom. The molecular formula is C12H18F2N4O3. The van der Waals surface area contributed by atoms with E-state index in [0.717, 1.165) is 11.1 Å². The van der Waals surface area contributed by atoms with Crippen LogP contribution in [0.3, 0.4) is 0 Å². The fourth-order valence-corrected chi connectivity index (χ4v) is 2.19. The quantitative estimate of drug-likeness (QED) is 0.898. The molecule has 7 nitrogen and oxygen atoms in total. The summed E-state index contributed by atoms with van der Waals surface area (Å²) in [6, 6.07) is 0.916. The molecule has 1 aromatic rings. The van der Waals surface area contributed by atoms with Gasteiger partial charge in [0.05, 0.1) is 6.10 Å². The Balaban J connectivity index is 1.91. The van der Waals surface area contributed by atoms with E-state index in [-0.39, 0.29) is 23.8 Å². The van der Waals surface area contributed by atoms with Crippen LogP contribution in [-0.4, -0.2) is 53.1 Å². The number of rotatable bonds is 5.